The molecular weight excluding hydrogens is 502 g/mol. The molecule has 116 valence electrons. The van der Waals surface area contributed by atoms with E-state index in [1.165, 1.54) is 0 Å². The Hall–Kier alpha value is 0.480. The van der Waals surface area contributed by atoms with E-state index < -0.39 is 9.87 Å². The molecule has 9 heteroatoms. The summed E-state index contributed by atoms with van der Waals surface area (Å²) in [4.78, 5) is 18.9. The number of piperidine rings is 1. The molecule has 1 saturated carbocycles. The first kappa shape index (κ1) is 16.0. The summed E-state index contributed by atoms with van der Waals surface area (Å²) in [6, 6.07) is 0. The highest BCUT2D eigenvalue weighted by Gasteiger charge is 2.83. The first-order chi connectivity index (χ1) is 10.2. The molecule has 1 amide bonds. The lowest BCUT2D eigenvalue weighted by Crippen LogP contribution is -2.44. The molecule has 1 saturated heterocycles. The number of alkyl halides is 2. The molecule has 0 bridgehead atoms. The quantitative estimate of drug-likeness (QED) is 0.355. The predicted octanol–water partition coefficient (Wildman–Crippen LogP) is 5.24. The lowest BCUT2D eigenvalue weighted by atomic mass is 10.1. The molecule has 0 radical (unpaired) electrons. The fourth-order valence-corrected chi connectivity index (χ4v) is 6.51. The molecule has 3 heterocycles. The zero-order valence-electron chi connectivity index (χ0n) is 10.6. The van der Waals surface area contributed by atoms with Gasteiger partial charge in [-0.15, -0.1) is 0 Å². The van der Waals surface area contributed by atoms with E-state index in [9.17, 15) is 4.79 Å². The minimum absolute atomic E-state index is 0.0666. The Bertz CT molecular complexity index is 782. The van der Waals surface area contributed by atoms with Crippen molar-refractivity contribution in [1.82, 2.24) is 9.88 Å². The second kappa shape index (κ2) is 4.77. The van der Waals surface area contributed by atoms with Crippen LogP contribution < -0.4 is 0 Å². The van der Waals surface area contributed by atoms with Crippen molar-refractivity contribution in [1.29, 1.82) is 0 Å². The Kier molecular flexibility index (Phi) is 3.46. The van der Waals surface area contributed by atoms with Crippen molar-refractivity contribution >= 4 is 90.2 Å². The van der Waals surface area contributed by atoms with Gasteiger partial charge in [-0.2, -0.15) is 0 Å². The molecular formula is C13H6Br2Cl4N2O. The maximum atomic E-state index is 13.0. The maximum absolute atomic E-state index is 13.0. The Labute approximate surface area is 163 Å². The largest absolute Gasteiger partial charge is 0.323 e. The average Bonchev–Trinajstić information content (AvgIpc) is 2.82. The number of aromatic nitrogens is 1. The van der Waals surface area contributed by atoms with Crippen molar-refractivity contribution in [3.05, 3.63) is 30.4 Å². The average molecular weight is 508 g/mol. The van der Waals surface area contributed by atoms with Crippen LogP contribution >= 0.6 is 78.3 Å². The second-order valence-corrected chi connectivity index (χ2v) is 9.19. The summed E-state index contributed by atoms with van der Waals surface area (Å²) < 4.78 is -0.116. The van der Waals surface area contributed by atoms with Crippen LogP contribution in [-0.4, -0.2) is 32.2 Å². The highest BCUT2D eigenvalue weighted by atomic mass is 79.9. The van der Waals surface area contributed by atoms with Crippen molar-refractivity contribution in [3.8, 4) is 0 Å². The maximum Gasteiger partial charge on any atom is 0.274 e. The molecule has 0 N–H and O–H groups in total. The van der Waals surface area contributed by atoms with Gasteiger partial charge in [0.15, 0.2) is 4.33 Å². The van der Waals surface area contributed by atoms with Crippen molar-refractivity contribution in [2.45, 2.75) is 16.3 Å². The van der Waals surface area contributed by atoms with E-state index in [1.54, 1.807) is 11.0 Å². The Morgan fingerprint density at radius 1 is 1.32 bits per heavy atom. The van der Waals surface area contributed by atoms with E-state index in [2.05, 4.69) is 36.8 Å². The first-order valence-electron chi connectivity index (χ1n) is 6.36. The van der Waals surface area contributed by atoms with Crippen LogP contribution in [0.15, 0.2) is 14.1 Å². The third kappa shape index (κ3) is 1.66. The fourth-order valence-electron chi connectivity index (χ4n) is 3.55. The number of hydrogen-bond acceptors (Lipinski definition) is 2. The lowest BCUT2D eigenvalue weighted by molar-refractivity contribution is 0.0718. The van der Waals surface area contributed by atoms with Gasteiger partial charge < -0.3 is 4.90 Å². The van der Waals surface area contributed by atoms with Crippen LogP contribution in [0.5, 0.6) is 0 Å². The minimum atomic E-state index is -1.07. The summed E-state index contributed by atoms with van der Waals surface area (Å²) in [6.07, 6.45) is 2.41. The number of hydrogen-bond donors (Lipinski definition) is 0. The molecule has 1 aromatic heterocycles. The van der Waals surface area contributed by atoms with Gasteiger partial charge in [-0.1, -0.05) is 46.4 Å². The van der Waals surface area contributed by atoms with E-state index in [0.29, 0.717) is 37.7 Å². The number of carbonyl (C=O) groups is 1. The molecule has 3 aliphatic rings. The monoisotopic (exact) mass is 504 g/mol. The van der Waals surface area contributed by atoms with Gasteiger partial charge in [0.2, 0.25) is 0 Å². The van der Waals surface area contributed by atoms with Gasteiger partial charge in [-0.05, 0) is 44.4 Å². The summed E-state index contributed by atoms with van der Waals surface area (Å²) in [7, 11) is 0. The minimum Gasteiger partial charge on any atom is -0.323 e. The van der Waals surface area contributed by atoms with E-state index in [0.717, 1.165) is 0 Å². The van der Waals surface area contributed by atoms with Crippen molar-refractivity contribution in [2.75, 3.05) is 6.54 Å². The predicted molar refractivity (Wildman–Crippen MR) is 94.8 cm³/mol. The Balaban J connectivity index is 2.01. The summed E-state index contributed by atoms with van der Waals surface area (Å²) in [5, 5.41) is 0.815. The third-order valence-corrected chi connectivity index (χ3v) is 8.31. The molecule has 1 aromatic rings. The number of rotatable bonds is 0. The van der Waals surface area contributed by atoms with E-state index in [4.69, 9.17) is 46.4 Å². The highest BCUT2D eigenvalue weighted by molar-refractivity contribution is 9.11. The lowest BCUT2D eigenvalue weighted by Gasteiger charge is -2.29. The van der Waals surface area contributed by atoms with Gasteiger partial charge in [0.05, 0.1) is 5.02 Å². The Morgan fingerprint density at radius 3 is 2.64 bits per heavy atom. The number of nitrogens with zero attached hydrogens (tertiary/aromatic N) is 2. The highest BCUT2D eigenvalue weighted by Crippen LogP contribution is 2.74. The molecule has 2 aliphatic heterocycles. The van der Waals surface area contributed by atoms with Crippen LogP contribution in [0.25, 0.3) is 6.08 Å². The Morgan fingerprint density at radius 2 is 2.00 bits per heavy atom. The van der Waals surface area contributed by atoms with Crippen LogP contribution in [0, 0.1) is 5.92 Å². The van der Waals surface area contributed by atoms with Crippen molar-refractivity contribution in [3.63, 3.8) is 0 Å². The molecule has 0 aromatic carbocycles. The molecule has 2 unspecified atom stereocenters. The van der Waals surface area contributed by atoms with E-state index >= 15 is 0 Å². The van der Waals surface area contributed by atoms with Crippen LogP contribution in [0.3, 0.4) is 0 Å². The van der Waals surface area contributed by atoms with Gasteiger partial charge >= 0.3 is 0 Å². The zero-order chi connectivity index (χ0) is 16.0. The molecule has 22 heavy (non-hydrogen) atoms. The summed E-state index contributed by atoms with van der Waals surface area (Å²) in [6.45, 7) is 0.549. The van der Waals surface area contributed by atoms with Gasteiger partial charge in [0.25, 0.3) is 5.91 Å². The summed E-state index contributed by atoms with van der Waals surface area (Å²) in [5.41, 5.74) is -0.0370. The number of halogens is 6. The standard InChI is InChI=1S/C13H6Br2Cl4N2O/c14-7-4-3-6(16)12-5(13(12,18)19)1-2-21(12)11(22)9(4)20-10(15)8(7)17/h3,5H,1-2H2. The zero-order valence-corrected chi connectivity index (χ0v) is 16.8. The van der Waals surface area contributed by atoms with Crippen LogP contribution in [0.4, 0.5) is 0 Å². The molecule has 1 aliphatic carbocycles. The number of amides is 1. The van der Waals surface area contributed by atoms with Gasteiger partial charge in [0.1, 0.15) is 15.8 Å². The molecule has 3 nitrogen and oxygen atoms in total. The van der Waals surface area contributed by atoms with Crippen LogP contribution in [0.1, 0.15) is 22.5 Å². The smallest absolute Gasteiger partial charge is 0.274 e. The van der Waals surface area contributed by atoms with Crippen LogP contribution in [-0.2, 0) is 0 Å². The number of pyridine rings is 1. The summed E-state index contributed by atoms with van der Waals surface area (Å²) >= 11 is 32.2. The second-order valence-electron chi connectivity index (χ2n) is 5.47. The topological polar surface area (TPSA) is 33.2 Å². The van der Waals surface area contributed by atoms with Crippen molar-refractivity contribution in [2.24, 2.45) is 5.92 Å². The van der Waals surface area contributed by atoms with Gasteiger partial charge in [-0.3, -0.25) is 4.79 Å². The van der Waals surface area contributed by atoms with Crippen molar-refractivity contribution < 1.29 is 4.79 Å². The van der Waals surface area contributed by atoms with E-state index in [-0.39, 0.29) is 17.5 Å². The number of fused-ring (bicyclic) bond motifs is 1. The fraction of sp³-hybridized carbons (Fsp3) is 0.385. The van der Waals surface area contributed by atoms with E-state index in [1.807, 2.05) is 0 Å². The third-order valence-electron chi connectivity index (χ3n) is 4.59. The van der Waals surface area contributed by atoms with Gasteiger partial charge in [0, 0.05) is 27.5 Å². The molecule has 4 rings (SSSR count). The SMILES string of the molecule is O=C1c2nc(Br)c(Cl)c(Br)c2C=C(Cl)C23C(CCN12)C3(Cl)Cl. The molecule has 1 spiro atoms. The van der Waals surface area contributed by atoms with Gasteiger partial charge in [-0.25, -0.2) is 4.98 Å². The first-order valence-corrected chi connectivity index (χ1v) is 9.46. The number of carbonyl (C=O) groups excluding carboxylic acids is 1. The van der Waals surface area contributed by atoms with Crippen LogP contribution in [0.2, 0.25) is 5.02 Å². The molecule has 2 fully saturated rings. The summed E-state index contributed by atoms with van der Waals surface area (Å²) in [5.74, 6) is -0.311. The normalized spacial score (nSPS) is 31.2. The molecule has 2 atom stereocenters.